The average Bonchev–Trinajstić information content (AvgIpc) is 3.09. The number of nitrogens with one attached hydrogen (secondary N) is 1. The first-order valence-electron chi connectivity index (χ1n) is 12.4. The van der Waals surface area contributed by atoms with Gasteiger partial charge in [-0.15, -0.1) is 0 Å². The zero-order chi connectivity index (χ0) is 23.5. The van der Waals surface area contributed by atoms with Crippen molar-refractivity contribution >= 4 is 11.8 Å². The molecule has 3 aliphatic heterocycles. The Morgan fingerprint density at radius 1 is 1.16 bits per heavy atom. The van der Waals surface area contributed by atoms with E-state index in [0.717, 1.165) is 19.5 Å². The summed E-state index contributed by atoms with van der Waals surface area (Å²) in [6, 6.07) is -0.579. The number of carbonyl (C=O) groups excluding carboxylic acids is 2. The highest BCUT2D eigenvalue weighted by atomic mass is 16.7. The molecule has 3 aliphatic rings. The van der Waals surface area contributed by atoms with E-state index >= 15 is 0 Å². The van der Waals surface area contributed by atoms with E-state index in [0.29, 0.717) is 57.3 Å². The summed E-state index contributed by atoms with van der Waals surface area (Å²) in [5.74, 6) is 0.357. The second kappa shape index (κ2) is 10.8. The number of likely N-dealkylation sites (N-methyl/N-ethyl adjacent to an activating group) is 1. The van der Waals surface area contributed by atoms with Gasteiger partial charge in [-0.05, 0) is 38.8 Å². The van der Waals surface area contributed by atoms with Crippen LogP contribution in [0.1, 0.15) is 53.4 Å². The van der Waals surface area contributed by atoms with Gasteiger partial charge in [0.2, 0.25) is 11.8 Å². The number of likely N-dealkylation sites (tertiary alicyclic amines) is 1. The van der Waals surface area contributed by atoms with Crippen molar-refractivity contribution in [1.82, 2.24) is 20.0 Å². The topological polar surface area (TPSA) is 74.4 Å². The van der Waals surface area contributed by atoms with Gasteiger partial charge in [-0.3, -0.25) is 9.59 Å². The van der Waals surface area contributed by atoms with Gasteiger partial charge in [0.1, 0.15) is 6.04 Å². The Morgan fingerprint density at radius 3 is 2.44 bits per heavy atom. The minimum absolute atomic E-state index is 0.0754. The highest BCUT2D eigenvalue weighted by molar-refractivity contribution is 5.90. The Morgan fingerprint density at radius 2 is 1.84 bits per heavy atom. The molecule has 3 atom stereocenters. The zero-order valence-electron chi connectivity index (χ0n) is 20.9. The molecule has 0 saturated carbocycles. The Bertz CT molecular complexity index is 646. The van der Waals surface area contributed by atoms with E-state index in [-0.39, 0.29) is 30.0 Å². The first kappa shape index (κ1) is 25.4. The molecule has 3 heterocycles. The second-order valence-corrected chi connectivity index (χ2v) is 10.9. The van der Waals surface area contributed by atoms with Crippen LogP contribution in [0, 0.1) is 11.8 Å². The van der Waals surface area contributed by atoms with Gasteiger partial charge in [0.25, 0.3) is 0 Å². The molecular formula is C24H44N4O4. The smallest absolute Gasteiger partial charge is 0.245 e. The summed E-state index contributed by atoms with van der Waals surface area (Å²) in [6.45, 7) is 12.5. The van der Waals surface area contributed by atoms with Crippen LogP contribution in [0.3, 0.4) is 0 Å². The number of amides is 2. The number of piperazine rings is 1. The summed E-state index contributed by atoms with van der Waals surface area (Å²) in [4.78, 5) is 32.8. The second-order valence-electron chi connectivity index (χ2n) is 10.9. The molecule has 8 nitrogen and oxygen atoms in total. The molecule has 0 aromatic heterocycles. The van der Waals surface area contributed by atoms with Crippen LogP contribution in [0.4, 0.5) is 0 Å². The summed E-state index contributed by atoms with van der Waals surface area (Å²) >= 11 is 0. The van der Waals surface area contributed by atoms with Crippen LogP contribution in [0.15, 0.2) is 0 Å². The van der Waals surface area contributed by atoms with Crippen molar-refractivity contribution in [1.29, 1.82) is 0 Å². The first-order chi connectivity index (χ1) is 15.1. The lowest BCUT2D eigenvalue weighted by Crippen LogP contribution is -2.62. The summed E-state index contributed by atoms with van der Waals surface area (Å²) < 4.78 is 12.3. The van der Waals surface area contributed by atoms with Gasteiger partial charge in [0.15, 0.2) is 5.79 Å². The predicted molar refractivity (Wildman–Crippen MR) is 124 cm³/mol. The van der Waals surface area contributed by atoms with E-state index in [9.17, 15) is 9.59 Å². The molecule has 2 unspecified atom stereocenters. The van der Waals surface area contributed by atoms with Crippen LogP contribution in [0.25, 0.3) is 0 Å². The Kier molecular flexibility index (Phi) is 8.58. The summed E-state index contributed by atoms with van der Waals surface area (Å²) in [7, 11) is 4.07. The van der Waals surface area contributed by atoms with Gasteiger partial charge in [-0.1, -0.05) is 27.7 Å². The van der Waals surface area contributed by atoms with Crippen LogP contribution in [0.2, 0.25) is 0 Å². The SMILES string of the molecule is CC(C)CC(C(=O)N1CCC2(CC1)OCC(CN(C)C)O2)N1CCN[C@@H](CC(C)C)C1=O. The summed E-state index contributed by atoms with van der Waals surface area (Å²) in [5.41, 5.74) is 0. The maximum absolute atomic E-state index is 13.6. The van der Waals surface area contributed by atoms with E-state index in [4.69, 9.17) is 9.47 Å². The molecular weight excluding hydrogens is 408 g/mol. The van der Waals surface area contributed by atoms with Crippen LogP contribution < -0.4 is 5.32 Å². The van der Waals surface area contributed by atoms with Crippen molar-refractivity contribution in [2.75, 3.05) is 53.4 Å². The van der Waals surface area contributed by atoms with Crippen LogP contribution in [-0.2, 0) is 19.1 Å². The van der Waals surface area contributed by atoms with Crippen molar-refractivity contribution in [2.24, 2.45) is 11.8 Å². The van der Waals surface area contributed by atoms with Crippen molar-refractivity contribution in [3.05, 3.63) is 0 Å². The maximum atomic E-state index is 13.6. The highest BCUT2D eigenvalue weighted by Gasteiger charge is 2.46. The molecule has 0 aromatic rings. The third-order valence-electron chi connectivity index (χ3n) is 6.71. The molecule has 0 aliphatic carbocycles. The minimum Gasteiger partial charge on any atom is -0.347 e. The van der Waals surface area contributed by atoms with Crippen molar-refractivity contribution in [3.8, 4) is 0 Å². The fraction of sp³-hybridized carbons (Fsp3) is 0.917. The average molecular weight is 453 g/mol. The molecule has 0 aromatic carbocycles. The van der Waals surface area contributed by atoms with Gasteiger partial charge in [-0.25, -0.2) is 0 Å². The molecule has 3 fully saturated rings. The Hall–Kier alpha value is -1.22. The standard InChI is InChI=1S/C24H44N4O4/c1-17(2)13-20-22(29)28(12-9-25-20)21(14-18(3)4)23(30)27-10-7-24(8-11-27)31-16-19(32-24)15-26(5)6/h17-21,25H,7-16H2,1-6H3/t19?,20-,21?/m0/s1. The lowest BCUT2D eigenvalue weighted by atomic mass is 9.95. The number of piperidine rings is 1. The summed E-state index contributed by atoms with van der Waals surface area (Å²) in [6.07, 6.45) is 2.94. The minimum atomic E-state index is -0.557. The molecule has 3 saturated heterocycles. The lowest BCUT2D eigenvalue weighted by molar-refractivity contribution is -0.198. The van der Waals surface area contributed by atoms with Crippen LogP contribution >= 0.6 is 0 Å². The van der Waals surface area contributed by atoms with Gasteiger partial charge in [0, 0.05) is 45.6 Å². The number of rotatable bonds is 8. The highest BCUT2D eigenvalue weighted by Crippen LogP contribution is 2.35. The third-order valence-corrected chi connectivity index (χ3v) is 6.71. The molecule has 3 rings (SSSR count). The molecule has 0 bridgehead atoms. The van der Waals surface area contributed by atoms with Crippen LogP contribution in [-0.4, -0.2) is 104 Å². The number of hydrogen-bond acceptors (Lipinski definition) is 6. The number of ether oxygens (including phenoxy) is 2. The first-order valence-corrected chi connectivity index (χ1v) is 12.4. The van der Waals surface area contributed by atoms with E-state index in [1.807, 2.05) is 23.9 Å². The largest absolute Gasteiger partial charge is 0.347 e. The summed E-state index contributed by atoms with van der Waals surface area (Å²) in [5, 5.41) is 3.35. The van der Waals surface area contributed by atoms with E-state index in [1.165, 1.54) is 0 Å². The fourth-order valence-corrected chi connectivity index (χ4v) is 5.18. The molecule has 184 valence electrons. The molecule has 8 heteroatoms. The fourth-order valence-electron chi connectivity index (χ4n) is 5.18. The van der Waals surface area contributed by atoms with Crippen LogP contribution in [0.5, 0.6) is 0 Å². The van der Waals surface area contributed by atoms with Gasteiger partial charge in [0.05, 0.1) is 18.8 Å². The van der Waals surface area contributed by atoms with Gasteiger partial charge in [-0.2, -0.15) is 0 Å². The lowest BCUT2D eigenvalue weighted by Gasteiger charge is -2.43. The number of hydrogen-bond donors (Lipinski definition) is 1. The zero-order valence-corrected chi connectivity index (χ0v) is 20.9. The van der Waals surface area contributed by atoms with Gasteiger partial charge < -0.3 is 29.5 Å². The Balaban J connectivity index is 1.64. The third kappa shape index (κ3) is 6.22. The molecule has 1 spiro atoms. The van der Waals surface area contributed by atoms with Crippen molar-refractivity contribution in [2.45, 2.75) is 77.4 Å². The van der Waals surface area contributed by atoms with E-state index in [1.54, 1.807) is 0 Å². The predicted octanol–water partition coefficient (Wildman–Crippen LogP) is 1.54. The molecule has 0 radical (unpaired) electrons. The van der Waals surface area contributed by atoms with E-state index < -0.39 is 5.79 Å². The Labute approximate surface area is 193 Å². The number of carbonyl (C=O) groups is 2. The van der Waals surface area contributed by atoms with Crippen molar-refractivity contribution < 1.29 is 19.1 Å². The van der Waals surface area contributed by atoms with Gasteiger partial charge >= 0.3 is 0 Å². The quantitative estimate of drug-likeness (QED) is 0.602. The molecule has 1 N–H and O–H groups in total. The van der Waals surface area contributed by atoms with Crippen molar-refractivity contribution in [3.63, 3.8) is 0 Å². The van der Waals surface area contributed by atoms with E-state index in [2.05, 4.69) is 37.9 Å². The monoisotopic (exact) mass is 452 g/mol. The number of nitrogens with zero attached hydrogens (tertiary/aromatic N) is 3. The normalized spacial score (nSPS) is 27.2. The molecule has 32 heavy (non-hydrogen) atoms. The maximum Gasteiger partial charge on any atom is 0.245 e. The molecule has 2 amide bonds.